The van der Waals surface area contributed by atoms with Crippen LogP contribution in [0.3, 0.4) is 0 Å². The Hall–Kier alpha value is -1.35. The summed E-state index contributed by atoms with van der Waals surface area (Å²) in [5.74, 6) is 0.303. The number of amides is 1. The number of hydrazone groups is 1. The Kier molecular flexibility index (Phi) is 3.25. The lowest BCUT2D eigenvalue weighted by molar-refractivity contribution is 0.0955. The van der Waals surface area contributed by atoms with Crippen molar-refractivity contribution >= 4 is 23.2 Å². The van der Waals surface area contributed by atoms with Gasteiger partial charge in [0.15, 0.2) is 0 Å². The summed E-state index contributed by atoms with van der Waals surface area (Å²) in [6, 6.07) is 6.93. The van der Waals surface area contributed by atoms with E-state index in [9.17, 15) is 4.79 Å². The second kappa shape index (κ2) is 4.66. The summed E-state index contributed by atoms with van der Waals surface area (Å²) in [5, 5.41) is 4.51. The van der Waals surface area contributed by atoms with Crippen LogP contribution in [0.2, 0.25) is 5.02 Å². The smallest absolute Gasteiger partial charge is 0.267 e. The minimum atomic E-state index is -0.259. The highest BCUT2D eigenvalue weighted by Gasteiger charge is 2.24. The van der Waals surface area contributed by atoms with Gasteiger partial charge >= 0.3 is 0 Å². The third kappa shape index (κ3) is 2.61. The molecule has 0 saturated heterocycles. The van der Waals surface area contributed by atoms with Crippen LogP contribution in [0.1, 0.15) is 30.1 Å². The molecule has 1 aliphatic rings. The lowest BCUT2D eigenvalue weighted by Gasteiger charge is -2.03. The van der Waals surface area contributed by atoms with E-state index >= 15 is 0 Å². The number of benzene rings is 1. The first-order chi connectivity index (χ1) is 7.68. The fourth-order valence-electron chi connectivity index (χ4n) is 1.44. The summed E-state index contributed by atoms with van der Waals surface area (Å²) in [5.41, 5.74) is 3.97. The molecule has 0 atom stereocenters. The van der Waals surface area contributed by atoms with Gasteiger partial charge in [-0.15, -0.1) is 0 Å². The fourth-order valence-corrected chi connectivity index (χ4v) is 1.66. The molecule has 3 nitrogen and oxygen atoms in total. The molecule has 1 aromatic carbocycles. The number of hydrogen-bond donors (Lipinski definition) is 1. The van der Waals surface area contributed by atoms with Crippen molar-refractivity contribution in [2.45, 2.75) is 19.8 Å². The normalized spacial score (nSPS) is 16.0. The molecular weight excluding hydrogens is 224 g/mol. The summed E-state index contributed by atoms with van der Waals surface area (Å²) in [7, 11) is 0. The Balaban J connectivity index is 2.03. The summed E-state index contributed by atoms with van der Waals surface area (Å²) in [6.45, 7) is 1.94. The number of nitrogens with zero attached hydrogens (tertiary/aromatic N) is 1. The number of carbonyl (C=O) groups is 1. The minimum absolute atomic E-state index is 0.259. The van der Waals surface area contributed by atoms with Gasteiger partial charge in [0.1, 0.15) is 0 Å². The second-order valence-electron chi connectivity index (χ2n) is 3.95. The number of nitrogens with one attached hydrogen (secondary N) is 1. The lowest BCUT2D eigenvalue weighted by Crippen LogP contribution is -2.19. The van der Waals surface area contributed by atoms with E-state index in [0.29, 0.717) is 16.5 Å². The van der Waals surface area contributed by atoms with Crippen molar-refractivity contribution in [3.8, 4) is 0 Å². The summed E-state index contributed by atoms with van der Waals surface area (Å²) in [6.07, 6.45) is 2.36. The number of carbonyl (C=O) groups excluding carboxylic acids is 1. The Morgan fingerprint density at radius 1 is 1.44 bits per heavy atom. The maximum Gasteiger partial charge on any atom is 0.272 e. The number of rotatable bonds is 3. The molecular formula is C12H13ClN2O. The van der Waals surface area contributed by atoms with Crippen molar-refractivity contribution in [1.82, 2.24) is 5.43 Å². The first-order valence-electron chi connectivity index (χ1n) is 5.27. The average Bonchev–Trinajstić information content (AvgIpc) is 3.10. The molecule has 1 aromatic rings. The van der Waals surface area contributed by atoms with Crippen LogP contribution in [0.5, 0.6) is 0 Å². The Labute approximate surface area is 99.5 Å². The van der Waals surface area contributed by atoms with E-state index in [0.717, 1.165) is 5.71 Å². The molecule has 2 rings (SSSR count). The molecule has 0 unspecified atom stereocenters. The molecule has 0 radical (unpaired) electrons. The maximum atomic E-state index is 11.7. The van der Waals surface area contributed by atoms with E-state index in [1.807, 2.05) is 6.92 Å². The van der Waals surface area contributed by atoms with Gasteiger partial charge in [-0.05, 0) is 37.8 Å². The Bertz CT molecular complexity index is 438. The third-order valence-corrected chi connectivity index (χ3v) is 2.95. The summed E-state index contributed by atoms with van der Waals surface area (Å²) < 4.78 is 0. The van der Waals surface area contributed by atoms with E-state index in [1.54, 1.807) is 24.3 Å². The number of hydrogen-bond acceptors (Lipinski definition) is 2. The van der Waals surface area contributed by atoms with Crippen molar-refractivity contribution in [3.05, 3.63) is 34.9 Å². The molecule has 1 aliphatic carbocycles. The molecule has 0 aromatic heterocycles. The molecule has 4 heteroatoms. The molecule has 0 heterocycles. The van der Waals surface area contributed by atoms with Crippen LogP contribution in [0.25, 0.3) is 0 Å². The minimum Gasteiger partial charge on any atom is -0.267 e. The molecule has 1 saturated carbocycles. The molecule has 1 amide bonds. The Morgan fingerprint density at radius 3 is 2.75 bits per heavy atom. The largest absolute Gasteiger partial charge is 0.272 e. The average molecular weight is 237 g/mol. The highest BCUT2D eigenvalue weighted by Crippen LogP contribution is 2.30. The van der Waals surface area contributed by atoms with Crippen molar-refractivity contribution < 1.29 is 4.79 Å². The molecule has 0 aliphatic heterocycles. The van der Waals surface area contributed by atoms with E-state index in [1.165, 1.54) is 12.8 Å². The zero-order valence-corrected chi connectivity index (χ0v) is 9.79. The molecule has 84 valence electrons. The molecule has 0 spiro atoms. The highest BCUT2D eigenvalue weighted by molar-refractivity contribution is 6.33. The van der Waals surface area contributed by atoms with Crippen LogP contribution in [0.15, 0.2) is 29.4 Å². The van der Waals surface area contributed by atoms with E-state index < -0.39 is 0 Å². The van der Waals surface area contributed by atoms with Gasteiger partial charge in [-0.1, -0.05) is 23.7 Å². The quantitative estimate of drug-likeness (QED) is 0.636. The Morgan fingerprint density at radius 2 is 2.12 bits per heavy atom. The SMILES string of the molecule is CC(=NNC(=O)c1ccccc1Cl)C1CC1. The highest BCUT2D eigenvalue weighted by atomic mass is 35.5. The van der Waals surface area contributed by atoms with Gasteiger partial charge in [0.2, 0.25) is 0 Å². The van der Waals surface area contributed by atoms with Gasteiger partial charge in [0.25, 0.3) is 5.91 Å². The topological polar surface area (TPSA) is 41.5 Å². The molecule has 1 fully saturated rings. The van der Waals surface area contributed by atoms with Crippen LogP contribution in [0.4, 0.5) is 0 Å². The van der Waals surface area contributed by atoms with E-state index in [-0.39, 0.29) is 5.91 Å². The van der Waals surface area contributed by atoms with Crippen LogP contribution >= 0.6 is 11.6 Å². The van der Waals surface area contributed by atoms with E-state index in [4.69, 9.17) is 11.6 Å². The van der Waals surface area contributed by atoms with Gasteiger partial charge in [-0.25, -0.2) is 5.43 Å². The summed E-state index contributed by atoms with van der Waals surface area (Å²) >= 11 is 5.90. The molecule has 1 N–H and O–H groups in total. The fraction of sp³-hybridized carbons (Fsp3) is 0.333. The standard InChI is InChI=1S/C12H13ClN2O/c1-8(9-6-7-9)14-15-12(16)10-4-2-3-5-11(10)13/h2-5,9H,6-7H2,1H3,(H,15,16). The van der Waals surface area contributed by atoms with Crippen LogP contribution < -0.4 is 5.43 Å². The van der Waals surface area contributed by atoms with Crippen molar-refractivity contribution in [2.75, 3.05) is 0 Å². The zero-order valence-electron chi connectivity index (χ0n) is 9.03. The van der Waals surface area contributed by atoms with Gasteiger partial charge in [-0.3, -0.25) is 4.79 Å². The van der Waals surface area contributed by atoms with Crippen LogP contribution in [0, 0.1) is 5.92 Å². The van der Waals surface area contributed by atoms with Crippen LogP contribution in [-0.2, 0) is 0 Å². The molecule has 0 bridgehead atoms. The van der Waals surface area contributed by atoms with Crippen molar-refractivity contribution in [2.24, 2.45) is 11.0 Å². The predicted octanol–water partition coefficient (Wildman–Crippen LogP) is 2.86. The first kappa shape index (κ1) is 11.1. The zero-order chi connectivity index (χ0) is 11.5. The van der Waals surface area contributed by atoms with E-state index in [2.05, 4.69) is 10.5 Å². The second-order valence-corrected chi connectivity index (χ2v) is 4.36. The van der Waals surface area contributed by atoms with Gasteiger partial charge < -0.3 is 0 Å². The van der Waals surface area contributed by atoms with Crippen molar-refractivity contribution in [3.63, 3.8) is 0 Å². The predicted molar refractivity (Wildman–Crippen MR) is 64.8 cm³/mol. The lowest BCUT2D eigenvalue weighted by atomic mass is 10.2. The summed E-state index contributed by atoms with van der Waals surface area (Å²) in [4.78, 5) is 11.7. The number of halogens is 1. The van der Waals surface area contributed by atoms with Crippen LogP contribution in [-0.4, -0.2) is 11.6 Å². The van der Waals surface area contributed by atoms with Gasteiger partial charge in [0.05, 0.1) is 10.6 Å². The third-order valence-electron chi connectivity index (χ3n) is 2.62. The molecule has 16 heavy (non-hydrogen) atoms. The van der Waals surface area contributed by atoms with Crippen molar-refractivity contribution in [1.29, 1.82) is 0 Å². The monoisotopic (exact) mass is 236 g/mol. The van der Waals surface area contributed by atoms with Gasteiger partial charge in [0, 0.05) is 5.71 Å². The maximum absolute atomic E-state index is 11.7. The van der Waals surface area contributed by atoms with Gasteiger partial charge in [-0.2, -0.15) is 5.10 Å². The first-order valence-corrected chi connectivity index (χ1v) is 5.65.